The number of nitrogens with zero attached hydrogens (tertiary/aromatic N) is 2. The van der Waals surface area contributed by atoms with E-state index in [1.165, 1.54) is 28.9 Å². The van der Waals surface area contributed by atoms with Crippen molar-refractivity contribution in [3.8, 4) is 5.75 Å². The first kappa shape index (κ1) is 24.6. The number of aromatic nitrogens is 1. The Hall–Kier alpha value is -3.56. The number of halogens is 1. The van der Waals surface area contributed by atoms with Gasteiger partial charge >= 0.3 is 11.9 Å². The van der Waals surface area contributed by atoms with Crippen LogP contribution in [-0.2, 0) is 14.3 Å². The summed E-state index contributed by atoms with van der Waals surface area (Å²) in [5.74, 6) is -0.663. The lowest BCUT2D eigenvalue weighted by molar-refractivity contribution is -0.138. The number of benzene rings is 2. The minimum atomic E-state index is -0.764. The fourth-order valence-corrected chi connectivity index (χ4v) is 5.21. The van der Waals surface area contributed by atoms with Crippen LogP contribution in [0, 0.1) is 0 Å². The fraction of sp³-hybridized carbons (Fsp3) is 0.154. The van der Waals surface area contributed by atoms with Gasteiger partial charge in [0.25, 0.3) is 5.56 Å². The van der Waals surface area contributed by atoms with Crippen molar-refractivity contribution in [2.24, 2.45) is 4.99 Å². The molecule has 1 unspecified atom stereocenters. The molecule has 0 spiro atoms. The van der Waals surface area contributed by atoms with E-state index in [4.69, 9.17) is 9.47 Å². The summed E-state index contributed by atoms with van der Waals surface area (Å²) < 4.78 is 13.3. The number of carbonyl (C=O) groups is 2. The Balaban J connectivity index is 1.90. The van der Waals surface area contributed by atoms with Crippen molar-refractivity contribution in [3.05, 3.63) is 108 Å². The maximum absolute atomic E-state index is 13.6. The van der Waals surface area contributed by atoms with Crippen LogP contribution in [0.1, 0.15) is 31.0 Å². The summed E-state index contributed by atoms with van der Waals surface area (Å²) in [6, 6.07) is 13.5. The van der Waals surface area contributed by atoms with Gasteiger partial charge in [0.2, 0.25) is 0 Å². The fourth-order valence-electron chi connectivity index (χ4n) is 3.74. The van der Waals surface area contributed by atoms with E-state index < -0.39 is 18.0 Å². The molecule has 0 bridgehead atoms. The molecule has 1 aliphatic rings. The van der Waals surface area contributed by atoms with E-state index in [0.717, 1.165) is 10.0 Å². The van der Waals surface area contributed by atoms with Gasteiger partial charge in [0.1, 0.15) is 12.4 Å². The van der Waals surface area contributed by atoms with Crippen molar-refractivity contribution >= 4 is 45.3 Å². The topological polar surface area (TPSA) is 87.0 Å². The summed E-state index contributed by atoms with van der Waals surface area (Å²) in [5.41, 5.74) is 1.95. The number of allylic oxidation sites excluding steroid dienone is 1. The summed E-state index contributed by atoms with van der Waals surface area (Å²) in [7, 11) is 0. The Morgan fingerprint density at radius 1 is 1.23 bits per heavy atom. The molecule has 1 atom stereocenters. The molecule has 7 nitrogen and oxygen atoms in total. The standard InChI is InChI=1S/C26H21BrN2O5S/c1-4-12-33-25(32)22-15(2)28-26-29(23(22)18-8-10-20(11-9-18)34-16(3)30)24(31)21(35-26)14-17-6-5-7-19(27)13-17/h4-11,13-14,23H,1,12H2,2-3H3/b21-14-. The predicted octanol–water partition coefficient (Wildman–Crippen LogP) is 3.65. The van der Waals surface area contributed by atoms with Gasteiger partial charge in [0.05, 0.1) is 21.8 Å². The highest BCUT2D eigenvalue weighted by molar-refractivity contribution is 9.10. The number of thiazole rings is 1. The van der Waals surface area contributed by atoms with Gasteiger partial charge in [-0.15, -0.1) is 0 Å². The molecule has 0 saturated heterocycles. The Kier molecular flexibility index (Phi) is 7.28. The van der Waals surface area contributed by atoms with Crippen molar-refractivity contribution in [2.75, 3.05) is 6.61 Å². The maximum atomic E-state index is 13.6. The molecule has 35 heavy (non-hydrogen) atoms. The van der Waals surface area contributed by atoms with E-state index in [9.17, 15) is 14.4 Å². The first-order chi connectivity index (χ1) is 16.8. The van der Waals surface area contributed by atoms with Gasteiger partial charge in [-0.05, 0) is 48.4 Å². The third-order valence-corrected chi connectivity index (χ3v) is 6.65. The average Bonchev–Trinajstić information content (AvgIpc) is 3.11. The predicted molar refractivity (Wildman–Crippen MR) is 137 cm³/mol. The first-order valence-electron chi connectivity index (χ1n) is 10.6. The Morgan fingerprint density at radius 2 is 1.97 bits per heavy atom. The number of carbonyl (C=O) groups excluding carboxylic acids is 2. The first-order valence-corrected chi connectivity index (χ1v) is 12.2. The van der Waals surface area contributed by atoms with Gasteiger partial charge in [0, 0.05) is 11.4 Å². The molecule has 0 aliphatic carbocycles. The molecule has 2 heterocycles. The van der Waals surface area contributed by atoms with E-state index in [-0.39, 0.29) is 17.7 Å². The highest BCUT2D eigenvalue weighted by Gasteiger charge is 2.33. The van der Waals surface area contributed by atoms with Crippen LogP contribution < -0.4 is 19.6 Å². The van der Waals surface area contributed by atoms with Crippen molar-refractivity contribution in [1.29, 1.82) is 0 Å². The molecule has 1 aliphatic heterocycles. The van der Waals surface area contributed by atoms with Crippen LogP contribution in [0.4, 0.5) is 0 Å². The van der Waals surface area contributed by atoms with E-state index >= 15 is 0 Å². The van der Waals surface area contributed by atoms with Crippen LogP contribution in [-0.4, -0.2) is 23.1 Å². The summed E-state index contributed by atoms with van der Waals surface area (Å²) >= 11 is 4.70. The Labute approximate surface area is 213 Å². The van der Waals surface area contributed by atoms with Crippen molar-refractivity contribution in [1.82, 2.24) is 4.57 Å². The van der Waals surface area contributed by atoms with Gasteiger partial charge < -0.3 is 9.47 Å². The molecule has 9 heteroatoms. The molecule has 3 aromatic rings. The molecule has 0 radical (unpaired) electrons. The van der Waals surface area contributed by atoms with E-state index in [2.05, 4.69) is 27.5 Å². The molecule has 0 saturated carbocycles. The quantitative estimate of drug-likeness (QED) is 0.264. The summed E-state index contributed by atoms with van der Waals surface area (Å²) in [5, 5.41) is 0. The molecule has 178 valence electrons. The summed E-state index contributed by atoms with van der Waals surface area (Å²) in [6.07, 6.45) is 3.27. The van der Waals surface area contributed by atoms with Crippen LogP contribution in [0.25, 0.3) is 6.08 Å². The lowest BCUT2D eigenvalue weighted by Crippen LogP contribution is -2.39. The number of hydrogen-bond acceptors (Lipinski definition) is 7. The number of esters is 2. The van der Waals surface area contributed by atoms with Gasteiger partial charge in [-0.2, -0.15) is 0 Å². The zero-order valence-electron chi connectivity index (χ0n) is 19.0. The van der Waals surface area contributed by atoms with Crippen LogP contribution in [0.3, 0.4) is 0 Å². The second-order valence-electron chi connectivity index (χ2n) is 7.69. The average molecular weight is 553 g/mol. The highest BCUT2D eigenvalue weighted by Crippen LogP contribution is 2.31. The van der Waals surface area contributed by atoms with Crippen LogP contribution in [0.15, 0.2) is 86.7 Å². The minimum absolute atomic E-state index is 0.0288. The smallest absolute Gasteiger partial charge is 0.338 e. The third kappa shape index (κ3) is 5.26. The zero-order chi connectivity index (χ0) is 25.1. The maximum Gasteiger partial charge on any atom is 0.338 e. The normalized spacial score (nSPS) is 15.3. The van der Waals surface area contributed by atoms with Crippen LogP contribution in [0.5, 0.6) is 5.75 Å². The second-order valence-corrected chi connectivity index (χ2v) is 9.61. The van der Waals surface area contributed by atoms with Gasteiger partial charge in [0.15, 0.2) is 4.80 Å². The Morgan fingerprint density at radius 3 is 2.63 bits per heavy atom. The van der Waals surface area contributed by atoms with Crippen molar-refractivity contribution < 1.29 is 19.1 Å². The second kappa shape index (κ2) is 10.4. The van der Waals surface area contributed by atoms with Crippen molar-refractivity contribution in [3.63, 3.8) is 0 Å². The van der Waals surface area contributed by atoms with Crippen molar-refractivity contribution in [2.45, 2.75) is 19.9 Å². The zero-order valence-corrected chi connectivity index (χ0v) is 21.4. The number of ether oxygens (including phenoxy) is 2. The molecule has 4 rings (SSSR count). The molecule has 0 N–H and O–H groups in total. The molecule has 0 amide bonds. The lowest BCUT2D eigenvalue weighted by atomic mass is 9.96. The van der Waals surface area contributed by atoms with E-state index in [1.807, 2.05) is 24.3 Å². The monoisotopic (exact) mass is 552 g/mol. The SMILES string of the molecule is C=CCOC(=O)C1=C(C)N=c2s/c(=C\c3cccc(Br)c3)c(=O)n2C1c1ccc(OC(C)=O)cc1. The molecule has 1 aromatic heterocycles. The minimum Gasteiger partial charge on any atom is -0.458 e. The molecule has 2 aromatic carbocycles. The third-order valence-electron chi connectivity index (χ3n) is 5.18. The van der Waals surface area contributed by atoms with Crippen LogP contribution in [0.2, 0.25) is 0 Å². The van der Waals surface area contributed by atoms with Gasteiger partial charge in [-0.3, -0.25) is 14.2 Å². The largest absolute Gasteiger partial charge is 0.458 e. The molecular formula is C26H21BrN2O5S. The molecule has 0 fully saturated rings. The Bertz CT molecular complexity index is 1530. The molecular weight excluding hydrogens is 532 g/mol. The number of hydrogen-bond donors (Lipinski definition) is 0. The lowest BCUT2D eigenvalue weighted by Gasteiger charge is -2.24. The summed E-state index contributed by atoms with van der Waals surface area (Å²) in [6.45, 7) is 6.65. The summed E-state index contributed by atoms with van der Waals surface area (Å²) in [4.78, 5) is 43.0. The van der Waals surface area contributed by atoms with Gasteiger partial charge in [-0.25, -0.2) is 9.79 Å². The van der Waals surface area contributed by atoms with Gasteiger partial charge in [-0.1, -0.05) is 64.2 Å². The van der Waals surface area contributed by atoms with E-state index in [1.54, 1.807) is 37.3 Å². The highest BCUT2D eigenvalue weighted by atomic mass is 79.9. The number of rotatable bonds is 6. The number of fused-ring (bicyclic) bond motifs is 1. The van der Waals surface area contributed by atoms with E-state index in [0.29, 0.717) is 26.3 Å². The van der Waals surface area contributed by atoms with Crippen LogP contribution >= 0.6 is 27.3 Å².